The number of aromatic nitrogens is 3. The zero-order valence-corrected chi connectivity index (χ0v) is 21.7. The van der Waals surface area contributed by atoms with Crippen molar-refractivity contribution in [2.45, 2.75) is 51.3 Å². The standard InChI is InChI=1S/C24H33N5O2S2/c1-5-28(6-2)9-12-32-23-20-19(25-15-26-23)18-16-13-24(3,4)31-14-17(16)21(27-22(18)33-20)29-7-10-30-11-8-29/h15H,5-14H2,1-4H3. The maximum Gasteiger partial charge on any atom is 0.136 e. The van der Waals surface area contributed by atoms with E-state index in [4.69, 9.17) is 19.4 Å². The molecule has 2 aliphatic heterocycles. The number of morpholine rings is 1. The summed E-state index contributed by atoms with van der Waals surface area (Å²) in [6.45, 7) is 15.8. The number of thiophene rings is 1. The first kappa shape index (κ1) is 23.2. The van der Waals surface area contributed by atoms with Crippen molar-refractivity contribution in [1.29, 1.82) is 0 Å². The Morgan fingerprint density at radius 2 is 1.94 bits per heavy atom. The molecule has 9 heteroatoms. The molecule has 0 saturated carbocycles. The van der Waals surface area contributed by atoms with Gasteiger partial charge in [-0.15, -0.1) is 23.1 Å². The van der Waals surface area contributed by atoms with Gasteiger partial charge >= 0.3 is 0 Å². The molecule has 5 rings (SSSR count). The highest BCUT2D eigenvalue weighted by Gasteiger charge is 2.33. The van der Waals surface area contributed by atoms with Crippen molar-refractivity contribution >= 4 is 49.3 Å². The molecular formula is C24H33N5O2S2. The van der Waals surface area contributed by atoms with Gasteiger partial charge in [-0.25, -0.2) is 15.0 Å². The fourth-order valence-electron chi connectivity index (χ4n) is 4.72. The van der Waals surface area contributed by atoms with Gasteiger partial charge in [-0.2, -0.15) is 0 Å². The molecule has 0 amide bonds. The van der Waals surface area contributed by atoms with Gasteiger partial charge in [-0.3, -0.25) is 0 Å². The van der Waals surface area contributed by atoms with Gasteiger partial charge in [0.05, 0.1) is 35.6 Å². The second-order valence-electron chi connectivity index (χ2n) is 9.23. The van der Waals surface area contributed by atoms with Crippen LogP contribution in [0.5, 0.6) is 0 Å². The molecule has 33 heavy (non-hydrogen) atoms. The summed E-state index contributed by atoms with van der Waals surface area (Å²) in [5.74, 6) is 2.08. The SMILES string of the molecule is CCN(CC)CCSc1ncnc2c1sc1nc(N3CCOCC3)c3c(c12)CC(C)(C)OC3. The fraction of sp³-hybridized carbons (Fsp3) is 0.625. The molecule has 5 heterocycles. The average Bonchev–Trinajstić information content (AvgIpc) is 3.21. The van der Waals surface area contributed by atoms with Crippen molar-refractivity contribution in [3.63, 3.8) is 0 Å². The van der Waals surface area contributed by atoms with Crippen LogP contribution in [0, 0.1) is 0 Å². The molecule has 0 bridgehead atoms. The molecule has 0 atom stereocenters. The molecule has 0 aromatic carbocycles. The van der Waals surface area contributed by atoms with Crippen LogP contribution in [0.25, 0.3) is 20.4 Å². The number of fused-ring (bicyclic) bond motifs is 5. The molecule has 0 spiro atoms. The third kappa shape index (κ3) is 4.58. The smallest absolute Gasteiger partial charge is 0.136 e. The van der Waals surface area contributed by atoms with Crippen LogP contribution < -0.4 is 4.90 Å². The number of nitrogens with zero attached hydrogens (tertiary/aromatic N) is 5. The lowest BCUT2D eigenvalue weighted by molar-refractivity contribution is -0.0396. The van der Waals surface area contributed by atoms with Crippen LogP contribution in [0.4, 0.5) is 5.82 Å². The minimum atomic E-state index is -0.202. The molecule has 3 aromatic rings. The number of rotatable bonds is 7. The normalized spacial score (nSPS) is 18.4. The van der Waals surface area contributed by atoms with Crippen LogP contribution in [0.2, 0.25) is 0 Å². The predicted octanol–water partition coefficient (Wildman–Crippen LogP) is 4.36. The molecule has 0 aliphatic carbocycles. The predicted molar refractivity (Wildman–Crippen MR) is 137 cm³/mol. The van der Waals surface area contributed by atoms with E-state index in [-0.39, 0.29) is 5.60 Å². The zero-order chi connectivity index (χ0) is 23.0. The average molecular weight is 488 g/mol. The van der Waals surface area contributed by atoms with Crippen LogP contribution in [0.3, 0.4) is 0 Å². The van der Waals surface area contributed by atoms with Gasteiger partial charge in [0, 0.05) is 42.8 Å². The van der Waals surface area contributed by atoms with Crippen LogP contribution in [-0.4, -0.2) is 77.1 Å². The minimum Gasteiger partial charge on any atom is -0.378 e. The van der Waals surface area contributed by atoms with E-state index in [0.29, 0.717) is 6.61 Å². The summed E-state index contributed by atoms with van der Waals surface area (Å²) in [6.07, 6.45) is 2.58. The van der Waals surface area contributed by atoms with E-state index >= 15 is 0 Å². The summed E-state index contributed by atoms with van der Waals surface area (Å²) in [5, 5.41) is 2.27. The van der Waals surface area contributed by atoms with E-state index < -0.39 is 0 Å². The van der Waals surface area contributed by atoms with E-state index in [1.165, 1.54) is 16.5 Å². The highest BCUT2D eigenvalue weighted by Crippen LogP contribution is 2.44. The third-order valence-corrected chi connectivity index (χ3v) is 8.80. The second-order valence-corrected chi connectivity index (χ2v) is 11.3. The summed E-state index contributed by atoms with van der Waals surface area (Å²) in [5.41, 5.74) is 3.41. The highest BCUT2D eigenvalue weighted by molar-refractivity contribution is 7.99. The summed E-state index contributed by atoms with van der Waals surface area (Å²) in [4.78, 5) is 20.5. The Morgan fingerprint density at radius 3 is 2.70 bits per heavy atom. The van der Waals surface area contributed by atoms with Crippen molar-refractivity contribution in [2.24, 2.45) is 0 Å². The van der Waals surface area contributed by atoms with E-state index in [1.54, 1.807) is 17.7 Å². The van der Waals surface area contributed by atoms with Gasteiger partial charge in [0.15, 0.2) is 0 Å². The Morgan fingerprint density at radius 1 is 1.15 bits per heavy atom. The Labute approximate surface area is 203 Å². The molecule has 1 saturated heterocycles. The van der Waals surface area contributed by atoms with Crippen LogP contribution >= 0.6 is 23.1 Å². The van der Waals surface area contributed by atoms with Crippen molar-refractivity contribution in [3.8, 4) is 0 Å². The van der Waals surface area contributed by atoms with Gasteiger partial charge in [0.2, 0.25) is 0 Å². The summed E-state index contributed by atoms with van der Waals surface area (Å²) < 4.78 is 13.0. The molecular weight excluding hydrogens is 454 g/mol. The quantitative estimate of drug-likeness (QED) is 0.360. The van der Waals surface area contributed by atoms with Crippen molar-refractivity contribution < 1.29 is 9.47 Å². The minimum absolute atomic E-state index is 0.202. The lowest BCUT2D eigenvalue weighted by Crippen LogP contribution is -2.39. The Hall–Kier alpha value is -1.52. The number of hydrogen-bond donors (Lipinski definition) is 0. The third-order valence-electron chi connectivity index (χ3n) is 6.63. The second kappa shape index (κ2) is 9.62. The fourth-order valence-corrected chi connectivity index (χ4v) is 6.95. The number of thioether (sulfide) groups is 1. The number of pyridine rings is 1. The van der Waals surface area contributed by atoms with E-state index in [0.717, 1.165) is 84.0 Å². The highest BCUT2D eigenvalue weighted by atomic mass is 32.2. The summed E-state index contributed by atoms with van der Waals surface area (Å²) in [6, 6.07) is 0. The molecule has 2 aliphatic rings. The lowest BCUT2D eigenvalue weighted by Gasteiger charge is -2.36. The van der Waals surface area contributed by atoms with Crippen LogP contribution in [0.15, 0.2) is 11.4 Å². The zero-order valence-electron chi connectivity index (χ0n) is 20.0. The summed E-state index contributed by atoms with van der Waals surface area (Å²) in [7, 11) is 0. The van der Waals surface area contributed by atoms with Crippen molar-refractivity contribution in [2.75, 3.05) is 56.6 Å². The van der Waals surface area contributed by atoms with Gasteiger partial charge in [-0.05, 0) is 32.5 Å². The molecule has 7 nitrogen and oxygen atoms in total. The van der Waals surface area contributed by atoms with Crippen LogP contribution in [-0.2, 0) is 22.5 Å². The van der Waals surface area contributed by atoms with Crippen molar-refractivity contribution in [3.05, 3.63) is 17.5 Å². The number of anilines is 1. The first-order valence-electron chi connectivity index (χ1n) is 11.9. The Balaban J connectivity index is 1.60. The Kier molecular flexibility index (Phi) is 6.77. The first-order chi connectivity index (χ1) is 16.0. The van der Waals surface area contributed by atoms with Gasteiger partial charge < -0.3 is 19.3 Å². The van der Waals surface area contributed by atoms with E-state index in [9.17, 15) is 0 Å². The largest absolute Gasteiger partial charge is 0.378 e. The monoisotopic (exact) mass is 487 g/mol. The molecule has 3 aromatic heterocycles. The lowest BCUT2D eigenvalue weighted by atomic mass is 9.90. The first-order valence-corrected chi connectivity index (χ1v) is 13.7. The maximum absolute atomic E-state index is 6.25. The Bertz CT molecular complexity index is 1140. The van der Waals surface area contributed by atoms with Gasteiger partial charge in [0.1, 0.15) is 22.0 Å². The molecule has 0 radical (unpaired) electrons. The number of ether oxygens (including phenoxy) is 2. The number of hydrogen-bond acceptors (Lipinski definition) is 9. The molecule has 178 valence electrons. The van der Waals surface area contributed by atoms with Crippen molar-refractivity contribution in [1.82, 2.24) is 19.9 Å². The summed E-state index contributed by atoms with van der Waals surface area (Å²) >= 11 is 3.57. The van der Waals surface area contributed by atoms with Gasteiger partial charge in [0.25, 0.3) is 0 Å². The van der Waals surface area contributed by atoms with Gasteiger partial charge in [-0.1, -0.05) is 13.8 Å². The van der Waals surface area contributed by atoms with E-state index in [2.05, 4.69) is 42.5 Å². The van der Waals surface area contributed by atoms with Crippen LogP contribution in [0.1, 0.15) is 38.8 Å². The molecule has 0 unspecified atom stereocenters. The molecule has 1 fully saturated rings. The topological polar surface area (TPSA) is 63.6 Å². The van der Waals surface area contributed by atoms with E-state index in [1.807, 2.05) is 11.8 Å². The molecule has 0 N–H and O–H groups in total. The maximum atomic E-state index is 6.25.